The lowest BCUT2D eigenvalue weighted by Gasteiger charge is -2.18. The first-order chi connectivity index (χ1) is 6.69. The molecule has 3 heteroatoms. The maximum atomic E-state index is 5.72. The predicted molar refractivity (Wildman–Crippen MR) is 57.4 cm³/mol. The number of hydrogen-bond acceptors (Lipinski definition) is 3. The summed E-state index contributed by atoms with van der Waals surface area (Å²) in [5.41, 5.74) is 6.73. The molecule has 1 unspecified atom stereocenters. The van der Waals surface area contributed by atoms with Crippen molar-refractivity contribution in [3.8, 4) is 5.88 Å². The average Bonchev–Trinajstić information content (AvgIpc) is 2.19. The fourth-order valence-electron chi connectivity index (χ4n) is 1.49. The number of aromatic nitrogens is 1. The molecule has 1 aromatic heterocycles. The Labute approximate surface area is 85.3 Å². The molecule has 0 aromatic carbocycles. The molecule has 2 N–H and O–H groups in total. The lowest BCUT2D eigenvalue weighted by Crippen LogP contribution is -2.19. The predicted octanol–water partition coefficient (Wildman–Crippen LogP) is 1.79. The van der Waals surface area contributed by atoms with Gasteiger partial charge in [0, 0.05) is 24.2 Å². The average molecular weight is 194 g/mol. The third kappa shape index (κ3) is 2.45. The van der Waals surface area contributed by atoms with Gasteiger partial charge < -0.3 is 10.5 Å². The van der Waals surface area contributed by atoms with Gasteiger partial charge >= 0.3 is 0 Å². The molecule has 1 aromatic rings. The van der Waals surface area contributed by atoms with Crippen LogP contribution in [-0.4, -0.2) is 18.6 Å². The Morgan fingerprint density at radius 1 is 1.43 bits per heavy atom. The van der Waals surface area contributed by atoms with Crippen LogP contribution in [-0.2, 0) is 0 Å². The fraction of sp³-hybridized carbons (Fsp3) is 0.545. The number of rotatable bonds is 4. The Kier molecular flexibility index (Phi) is 3.89. The number of ether oxygens (including phenoxy) is 1. The standard InChI is InChI=1S/C11H18N2O/c1-8(2)9(7-12)10-5-4-6-11(13-10)14-3/h4-6,8-9H,7,12H2,1-3H3. The fourth-order valence-corrected chi connectivity index (χ4v) is 1.49. The van der Waals surface area contributed by atoms with Crippen molar-refractivity contribution in [1.82, 2.24) is 4.98 Å². The van der Waals surface area contributed by atoms with Gasteiger partial charge in [-0.3, -0.25) is 0 Å². The second kappa shape index (κ2) is 4.96. The van der Waals surface area contributed by atoms with Crippen LogP contribution in [0.25, 0.3) is 0 Å². The van der Waals surface area contributed by atoms with Crippen molar-refractivity contribution in [3.05, 3.63) is 23.9 Å². The molecule has 0 saturated carbocycles. The van der Waals surface area contributed by atoms with Gasteiger partial charge in [0.1, 0.15) is 0 Å². The smallest absolute Gasteiger partial charge is 0.213 e. The van der Waals surface area contributed by atoms with Crippen LogP contribution in [0.15, 0.2) is 18.2 Å². The Bertz CT molecular complexity index is 286. The van der Waals surface area contributed by atoms with Crippen molar-refractivity contribution in [3.63, 3.8) is 0 Å². The van der Waals surface area contributed by atoms with Crippen LogP contribution in [0.3, 0.4) is 0 Å². The SMILES string of the molecule is COc1cccc(C(CN)C(C)C)n1. The Morgan fingerprint density at radius 2 is 2.14 bits per heavy atom. The minimum atomic E-state index is 0.310. The molecular weight excluding hydrogens is 176 g/mol. The van der Waals surface area contributed by atoms with Gasteiger partial charge in [-0.05, 0) is 12.0 Å². The summed E-state index contributed by atoms with van der Waals surface area (Å²) in [6, 6.07) is 5.80. The highest BCUT2D eigenvalue weighted by molar-refractivity contribution is 5.19. The number of methoxy groups -OCH3 is 1. The molecule has 1 atom stereocenters. The first-order valence-electron chi connectivity index (χ1n) is 4.90. The van der Waals surface area contributed by atoms with Crippen LogP contribution < -0.4 is 10.5 Å². The second-order valence-corrected chi connectivity index (χ2v) is 3.69. The highest BCUT2D eigenvalue weighted by Crippen LogP contribution is 2.22. The normalized spacial score (nSPS) is 12.9. The van der Waals surface area contributed by atoms with Gasteiger partial charge in [0.05, 0.1) is 7.11 Å². The molecule has 1 heterocycles. The summed E-state index contributed by atoms with van der Waals surface area (Å²) in [7, 11) is 1.62. The van der Waals surface area contributed by atoms with Gasteiger partial charge in [-0.25, -0.2) is 4.98 Å². The van der Waals surface area contributed by atoms with Crippen LogP contribution in [0, 0.1) is 5.92 Å². The van der Waals surface area contributed by atoms with Gasteiger partial charge in [0.25, 0.3) is 0 Å². The van der Waals surface area contributed by atoms with Crippen molar-refractivity contribution < 1.29 is 4.74 Å². The van der Waals surface area contributed by atoms with Gasteiger partial charge in [0.2, 0.25) is 5.88 Å². The zero-order valence-corrected chi connectivity index (χ0v) is 9.03. The molecule has 1 rings (SSSR count). The molecule has 0 saturated heterocycles. The van der Waals surface area contributed by atoms with E-state index in [9.17, 15) is 0 Å². The third-order valence-corrected chi connectivity index (χ3v) is 2.39. The Balaban J connectivity index is 2.92. The monoisotopic (exact) mass is 194 g/mol. The van der Waals surface area contributed by atoms with E-state index in [1.54, 1.807) is 7.11 Å². The number of pyridine rings is 1. The van der Waals surface area contributed by atoms with Gasteiger partial charge in [-0.2, -0.15) is 0 Å². The maximum absolute atomic E-state index is 5.72. The van der Waals surface area contributed by atoms with E-state index in [-0.39, 0.29) is 0 Å². The van der Waals surface area contributed by atoms with E-state index in [4.69, 9.17) is 10.5 Å². The van der Waals surface area contributed by atoms with Crippen LogP contribution >= 0.6 is 0 Å². The highest BCUT2D eigenvalue weighted by atomic mass is 16.5. The van der Waals surface area contributed by atoms with Crippen molar-refractivity contribution >= 4 is 0 Å². The Hall–Kier alpha value is -1.09. The molecule has 0 spiro atoms. The number of nitrogens with zero attached hydrogens (tertiary/aromatic N) is 1. The molecule has 0 bridgehead atoms. The van der Waals surface area contributed by atoms with Crippen molar-refractivity contribution in [2.75, 3.05) is 13.7 Å². The lowest BCUT2D eigenvalue weighted by molar-refractivity contribution is 0.391. The van der Waals surface area contributed by atoms with Crippen LogP contribution in [0.4, 0.5) is 0 Å². The molecule has 0 aliphatic heterocycles. The summed E-state index contributed by atoms with van der Waals surface area (Å²) in [5, 5.41) is 0. The lowest BCUT2D eigenvalue weighted by atomic mass is 9.92. The Morgan fingerprint density at radius 3 is 2.64 bits per heavy atom. The van der Waals surface area contributed by atoms with E-state index in [1.807, 2.05) is 18.2 Å². The second-order valence-electron chi connectivity index (χ2n) is 3.69. The van der Waals surface area contributed by atoms with Crippen molar-refractivity contribution in [1.29, 1.82) is 0 Å². The number of hydrogen-bond donors (Lipinski definition) is 1. The molecule has 78 valence electrons. The zero-order chi connectivity index (χ0) is 10.6. The van der Waals surface area contributed by atoms with E-state index < -0.39 is 0 Å². The molecular formula is C11H18N2O. The maximum Gasteiger partial charge on any atom is 0.213 e. The molecule has 0 amide bonds. The van der Waals surface area contributed by atoms with Gasteiger partial charge in [-0.1, -0.05) is 19.9 Å². The van der Waals surface area contributed by atoms with Crippen LogP contribution in [0.5, 0.6) is 5.88 Å². The largest absolute Gasteiger partial charge is 0.481 e. The van der Waals surface area contributed by atoms with Crippen LogP contribution in [0.2, 0.25) is 0 Å². The molecule has 3 nitrogen and oxygen atoms in total. The quantitative estimate of drug-likeness (QED) is 0.795. The van der Waals surface area contributed by atoms with Crippen molar-refractivity contribution in [2.45, 2.75) is 19.8 Å². The minimum Gasteiger partial charge on any atom is -0.481 e. The molecule has 14 heavy (non-hydrogen) atoms. The van der Waals surface area contributed by atoms with Gasteiger partial charge in [0.15, 0.2) is 0 Å². The summed E-state index contributed by atoms with van der Waals surface area (Å²) in [4.78, 5) is 4.38. The first-order valence-corrected chi connectivity index (χ1v) is 4.90. The summed E-state index contributed by atoms with van der Waals surface area (Å²) in [6.07, 6.45) is 0. The van der Waals surface area contributed by atoms with Crippen molar-refractivity contribution in [2.24, 2.45) is 11.7 Å². The number of nitrogens with two attached hydrogens (primary N) is 1. The topological polar surface area (TPSA) is 48.1 Å². The molecule has 0 aliphatic carbocycles. The van der Waals surface area contributed by atoms with E-state index in [2.05, 4.69) is 18.8 Å². The van der Waals surface area contributed by atoms with E-state index in [0.29, 0.717) is 24.3 Å². The molecule has 0 aliphatic rings. The van der Waals surface area contributed by atoms with E-state index in [1.165, 1.54) is 0 Å². The molecule has 0 fully saturated rings. The van der Waals surface area contributed by atoms with E-state index in [0.717, 1.165) is 5.69 Å². The van der Waals surface area contributed by atoms with Crippen LogP contribution in [0.1, 0.15) is 25.5 Å². The molecule has 0 radical (unpaired) electrons. The third-order valence-electron chi connectivity index (χ3n) is 2.39. The summed E-state index contributed by atoms with van der Waals surface area (Å²) < 4.78 is 5.08. The zero-order valence-electron chi connectivity index (χ0n) is 9.03. The van der Waals surface area contributed by atoms with Gasteiger partial charge in [-0.15, -0.1) is 0 Å². The first kappa shape index (κ1) is 11.0. The minimum absolute atomic E-state index is 0.310. The summed E-state index contributed by atoms with van der Waals surface area (Å²) in [6.45, 7) is 4.93. The highest BCUT2D eigenvalue weighted by Gasteiger charge is 2.15. The van der Waals surface area contributed by atoms with E-state index >= 15 is 0 Å². The summed E-state index contributed by atoms with van der Waals surface area (Å²) in [5.74, 6) is 1.46. The summed E-state index contributed by atoms with van der Waals surface area (Å²) >= 11 is 0.